The van der Waals surface area contributed by atoms with Crippen LogP contribution in [0.1, 0.15) is 31.3 Å². The van der Waals surface area contributed by atoms with Crippen LogP contribution in [-0.4, -0.2) is 16.5 Å². The number of H-pyrrole nitrogens is 1. The molecule has 1 aromatic heterocycles. The van der Waals surface area contributed by atoms with E-state index >= 15 is 0 Å². The third-order valence-corrected chi connectivity index (χ3v) is 1.82. The number of aromatic nitrogens is 2. The lowest BCUT2D eigenvalue weighted by molar-refractivity contribution is 0.787. The van der Waals surface area contributed by atoms with Gasteiger partial charge in [0, 0.05) is 18.3 Å². The van der Waals surface area contributed by atoms with Gasteiger partial charge >= 0.3 is 0 Å². The Morgan fingerprint density at radius 2 is 2.33 bits per heavy atom. The van der Waals surface area contributed by atoms with Crippen molar-refractivity contribution in [2.45, 2.75) is 32.6 Å². The molecule has 3 nitrogen and oxygen atoms in total. The van der Waals surface area contributed by atoms with Crippen LogP contribution in [0.2, 0.25) is 0 Å². The molecule has 0 radical (unpaired) electrons. The van der Waals surface area contributed by atoms with E-state index in [2.05, 4.69) is 16.9 Å². The van der Waals surface area contributed by atoms with Gasteiger partial charge in [-0.3, -0.25) is 0 Å². The van der Waals surface area contributed by atoms with Crippen molar-refractivity contribution in [1.82, 2.24) is 9.97 Å². The minimum absolute atomic E-state index is 0.740. The predicted molar refractivity (Wildman–Crippen MR) is 50.0 cm³/mol. The largest absolute Gasteiger partial charge is 0.346 e. The summed E-state index contributed by atoms with van der Waals surface area (Å²) in [5, 5.41) is 0. The maximum Gasteiger partial charge on any atom is 0.106 e. The Hall–Kier alpha value is -0.830. The van der Waals surface area contributed by atoms with Gasteiger partial charge in [-0.25, -0.2) is 4.98 Å². The summed E-state index contributed by atoms with van der Waals surface area (Å²) in [5.74, 6) is 1.07. The van der Waals surface area contributed by atoms with Crippen LogP contribution in [-0.2, 0) is 12.8 Å². The second-order valence-electron chi connectivity index (χ2n) is 3.00. The number of nitrogens with zero attached hydrogens (tertiary/aromatic N) is 1. The number of hydrogen-bond acceptors (Lipinski definition) is 2. The second kappa shape index (κ2) is 4.93. The fourth-order valence-electron chi connectivity index (χ4n) is 1.20. The Morgan fingerprint density at radius 3 is 3.00 bits per heavy atom. The van der Waals surface area contributed by atoms with Crippen LogP contribution in [0, 0.1) is 0 Å². The Morgan fingerprint density at radius 1 is 1.50 bits per heavy atom. The molecule has 3 N–H and O–H groups in total. The predicted octanol–water partition coefficient (Wildman–Crippen LogP) is 1.25. The van der Waals surface area contributed by atoms with E-state index in [0.717, 1.165) is 31.6 Å². The molecule has 1 aromatic rings. The molecule has 0 aliphatic rings. The van der Waals surface area contributed by atoms with E-state index in [1.807, 2.05) is 6.20 Å². The Labute approximate surface area is 73.4 Å². The molecule has 0 aliphatic heterocycles. The van der Waals surface area contributed by atoms with Gasteiger partial charge in [-0.1, -0.05) is 13.3 Å². The summed E-state index contributed by atoms with van der Waals surface area (Å²) in [6, 6.07) is 0. The van der Waals surface area contributed by atoms with E-state index in [0.29, 0.717) is 0 Å². The van der Waals surface area contributed by atoms with Gasteiger partial charge in [-0.15, -0.1) is 0 Å². The Balaban J connectivity index is 2.41. The summed E-state index contributed by atoms with van der Waals surface area (Å²) in [6.45, 7) is 2.91. The lowest BCUT2D eigenvalue weighted by atomic mass is 10.3. The van der Waals surface area contributed by atoms with Crippen molar-refractivity contribution in [2.24, 2.45) is 5.73 Å². The maximum atomic E-state index is 5.40. The molecular weight excluding hydrogens is 150 g/mol. The molecule has 0 fully saturated rings. The van der Waals surface area contributed by atoms with Crippen LogP contribution < -0.4 is 5.73 Å². The summed E-state index contributed by atoms with van der Waals surface area (Å²) in [7, 11) is 0. The topological polar surface area (TPSA) is 54.7 Å². The molecule has 0 unspecified atom stereocenters. The molecule has 1 heterocycles. The molecular formula is C9H17N3. The van der Waals surface area contributed by atoms with Gasteiger partial charge in [-0.05, 0) is 19.4 Å². The fourth-order valence-corrected chi connectivity index (χ4v) is 1.20. The van der Waals surface area contributed by atoms with Crippen molar-refractivity contribution in [1.29, 1.82) is 0 Å². The summed E-state index contributed by atoms with van der Waals surface area (Å²) in [4.78, 5) is 7.54. The lowest BCUT2D eigenvalue weighted by Crippen LogP contribution is -2.01. The number of nitrogens with one attached hydrogen (secondary N) is 1. The number of hydrogen-bond donors (Lipinski definition) is 2. The highest BCUT2D eigenvalue weighted by molar-refractivity contribution is 5.01. The lowest BCUT2D eigenvalue weighted by Gasteiger charge is -1.93. The second-order valence-corrected chi connectivity index (χ2v) is 3.00. The van der Waals surface area contributed by atoms with Crippen molar-refractivity contribution in [2.75, 3.05) is 6.54 Å². The van der Waals surface area contributed by atoms with Gasteiger partial charge in [-0.2, -0.15) is 0 Å². The molecule has 0 aliphatic carbocycles. The van der Waals surface area contributed by atoms with E-state index < -0.39 is 0 Å². The molecule has 12 heavy (non-hydrogen) atoms. The first-order chi connectivity index (χ1) is 5.86. The van der Waals surface area contributed by atoms with Gasteiger partial charge in [0.25, 0.3) is 0 Å². The zero-order chi connectivity index (χ0) is 8.81. The quantitative estimate of drug-likeness (QED) is 0.693. The molecule has 0 aromatic carbocycles. The van der Waals surface area contributed by atoms with Crippen molar-refractivity contribution in [3.05, 3.63) is 17.7 Å². The van der Waals surface area contributed by atoms with Crippen molar-refractivity contribution < 1.29 is 0 Å². The van der Waals surface area contributed by atoms with Gasteiger partial charge < -0.3 is 10.7 Å². The third-order valence-electron chi connectivity index (χ3n) is 1.82. The molecule has 0 bridgehead atoms. The minimum Gasteiger partial charge on any atom is -0.346 e. The number of aryl methyl sites for hydroxylation is 2. The summed E-state index contributed by atoms with van der Waals surface area (Å²) >= 11 is 0. The molecule has 1 rings (SSSR count). The Bertz CT molecular complexity index is 217. The molecule has 3 heteroatoms. The van der Waals surface area contributed by atoms with Crippen LogP contribution >= 0.6 is 0 Å². The Kier molecular flexibility index (Phi) is 3.80. The minimum atomic E-state index is 0.740. The molecule has 0 atom stereocenters. The molecule has 68 valence electrons. The molecule has 0 amide bonds. The van der Waals surface area contributed by atoms with Crippen LogP contribution in [0.4, 0.5) is 0 Å². The highest BCUT2D eigenvalue weighted by Crippen LogP contribution is 2.01. The van der Waals surface area contributed by atoms with Crippen LogP contribution in [0.3, 0.4) is 0 Å². The average Bonchev–Trinajstić information content (AvgIpc) is 2.50. The monoisotopic (exact) mass is 167 g/mol. The van der Waals surface area contributed by atoms with E-state index in [9.17, 15) is 0 Å². The van der Waals surface area contributed by atoms with E-state index in [1.54, 1.807) is 0 Å². The van der Waals surface area contributed by atoms with Crippen molar-refractivity contribution in [3.8, 4) is 0 Å². The van der Waals surface area contributed by atoms with Gasteiger partial charge in [0.15, 0.2) is 0 Å². The highest BCUT2D eigenvalue weighted by Gasteiger charge is 1.98. The van der Waals surface area contributed by atoms with Crippen molar-refractivity contribution in [3.63, 3.8) is 0 Å². The first-order valence-corrected chi connectivity index (χ1v) is 4.59. The third kappa shape index (κ3) is 2.66. The normalized spacial score (nSPS) is 10.5. The van der Waals surface area contributed by atoms with Gasteiger partial charge in [0.05, 0.1) is 0 Å². The smallest absolute Gasteiger partial charge is 0.106 e. The van der Waals surface area contributed by atoms with E-state index in [4.69, 9.17) is 5.73 Å². The molecule has 0 saturated carbocycles. The van der Waals surface area contributed by atoms with Crippen LogP contribution in [0.25, 0.3) is 0 Å². The van der Waals surface area contributed by atoms with E-state index in [-0.39, 0.29) is 0 Å². The fraction of sp³-hybridized carbons (Fsp3) is 0.667. The summed E-state index contributed by atoms with van der Waals surface area (Å²) in [5.41, 5.74) is 6.64. The standard InChI is InChI=1S/C9H17N3/c1-2-4-8-7-11-9(12-8)5-3-6-10/h7H,2-6,10H2,1H3,(H,11,12). The van der Waals surface area contributed by atoms with Crippen LogP contribution in [0.15, 0.2) is 6.20 Å². The van der Waals surface area contributed by atoms with E-state index in [1.165, 1.54) is 12.1 Å². The molecule has 0 spiro atoms. The highest BCUT2D eigenvalue weighted by atomic mass is 14.9. The van der Waals surface area contributed by atoms with Gasteiger partial charge in [0.2, 0.25) is 0 Å². The number of aromatic amines is 1. The first-order valence-electron chi connectivity index (χ1n) is 4.59. The summed E-state index contributed by atoms with van der Waals surface area (Å²) in [6.07, 6.45) is 6.17. The average molecular weight is 167 g/mol. The van der Waals surface area contributed by atoms with Crippen LogP contribution in [0.5, 0.6) is 0 Å². The SMILES string of the molecule is CCCc1cnc(CCCN)[nH]1. The first kappa shape index (κ1) is 9.26. The summed E-state index contributed by atoms with van der Waals surface area (Å²) < 4.78 is 0. The number of nitrogens with two attached hydrogens (primary N) is 1. The van der Waals surface area contributed by atoms with Crippen molar-refractivity contribution >= 4 is 0 Å². The number of rotatable bonds is 5. The van der Waals surface area contributed by atoms with Gasteiger partial charge in [0.1, 0.15) is 5.82 Å². The maximum absolute atomic E-state index is 5.40. The number of imidazole rings is 1. The zero-order valence-corrected chi connectivity index (χ0v) is 7.64. The molecule has 0 saturated heterocycles. The zero-order valence-electron chi connectivity index (χ0n) is 7.64.